The molecule has 0 spiro atoms. The molecule has 0 aromatic carbocycles. The zero-order valence-electron chi connectivity index (χ0n) is 9.16. The largest absolute Gasteiger partial charge is 0.368 e. The molecule has 0 aliphatic rings. The number of hydrogen-bond donors (Lipinski definition) is 1. The lowest BCUT2D eigenvalue weighted by Crippen LogP contribution is -2.16. The lowest BCUT2D eigenvalue weighted by atomic mass is 10.2. The molecular formula is C11H17BrN2S. The second-order valence-corrected chi connectivity index (χ2v) is 5.58. The van der Waals surface area contributed by atoms with Gasteiger partial charge in [0.05, 0.1) is 0 Å². The summed E-state index contributed by atoms with van der Waals surface area (Å²) in [5.74, 6) is 3.35. The second kappa shape index (κ2) is 7.12. The molecule has 1 unspecified atom stereocenters. The molecule has 4 heteroatoms. The number of pyridine rings is 1. The number of nitrogens with one attached hydrogen (secondary N) is 1. The minimum Gasteiger partial charge on any atom is -0.368 e. The van der Waals surface area contributed by atoms with Crippen molar-refractivity contribution in [1.82, 2.24) is 4.98 Å². The quantitative estimate of drug-likeness (QED) is 0.637. The number of halogens is 1. The van der Waals surface area contributed by atoms with Gasteiger partial charge in [-0.2, -0.15) is 11.8 Å². The maximum atomic E-state index is 4.34. The Morgan fingerprint density at radius 1 is 1.53 bits per heavy atom. The minimum atomic E-state index is 0.478. The van der Waals surface area contributed by atoms with Crippen LogP contribution < -0.4 is 5.32 Å². The molecule has 0 aliphatic carbocycles. The molecule has 84 valence electrons. The molecule has 1 rings (SSSR count). The normalized spacial score (nSPS) is 12.5. The smallest absolute Gasteiger partial charge is 0.127 e. The van der Waals surface area contributed by atoms with Crippen molar-refractivity contribution in [3.63, 3.8) is 0 Å². The summed E-state index contributed by atoms with van der Waals surface area (Å²) in [5, 5.41) is 3.39. The van der Waals surface area contributed by atoms with Crippen LogP contribution in [0.5, 0.6) is 0 Å². The number of hydrogen-bond acceptors (Lipinski definition) is 3. The molecule has 1 N–H and O–H groups in total. The van der Waals surface area contributed by atoms with E-state index in [-0.39, 0.29) is 0 Å². The van der Waals surface area contributed by atoms with Crippen LogP contribution in [0.15, 0.2) is 22.8 Å². The van der Waals surface area contributed by atoms with Gasteiger partial charge in [-0.25, -0.2) is 4.98 Å². The van der Waals surface area contributed by atoms with E-state index in [4.69, 9.17) is 0 Å². The fourth-order valence-corrected chi connectivity index (χ4v) is 2.37. The van der Waals surface area contributed by atoms with E-state index in [0.717, 1.165) is 10.4 Å². The first-order valence-electron chi connectivity index (χ1n) is 5.19. The summed E-state index contributed by atoms with van der Waals surface area (Å²) in [6.45, 7) is 4.39. The average Bonchev–Trinajstić information content (AvgIpc) is 2.18. The van der Waals surface area contributed by atoms with Gasteiger partial charge in [0.25, 0.3) is 0 Å². The monoisotopic (exact) mass is 288 g/mol. The van der Waals surface area contributed by atoms with Crippen LogP contribution in [-0.2, 0) is 0 Å². The maximum absolute atomic E-state index is 4.34. The number of thioether (sulfide) groups is 1. The average molecular weight is 289 g/mol. The van der Waals surface area contributed by atoms with E-state index >= 15 is 0 Å². The Kier molecular flexibility index (Phi) is 6.10. The van der Waals surface area contributed by atoms with Gasteiger partial charge in [-0.3, -0.25) is 0 Å². The molecule has 0 aliphatic heterocycles. The fraction of sp³-hybridized carbons (Fsp3) is 0.545. The van der Waals surface area contributed by atoms with Crippen LogP contribution in [-0.4, -0.2) is 22.5 Å². The summed E-state index contributed by atoms with van der Waals surface area (Å²) in [7, 11) is 0. The molecular weight excluding hydrogens is 272 g/mol. The van der Waals surface area contributed by atoms with Gasteiger partial charge >= 0.3 is 0 Å². The van der Waals surface area contributed by atoms with Crippen molar-refractivity contribution in [1.29, 1.82) is 0 Å². The highest BCUT2D eigenvalue weighted by Gasteiger charge is 2.02. The summed E-state index contributed by atoms with van der Waals surface area (Å²) in [6.07, 6.45) is 1.17. The van der Waals surface area contributed by atoms with Crippen molar-refractivity contribution in [3.8, 4) is 0 Å². The van der Waals surface area contributed by atoms with Crippen molar-refractivity contribution < 1.29 is 0 Å². The third-order valence-electron chi connectivity index (χ3n) is 2.01. The Labute approximate surface area is 104 Å². The van der Waals surface area contributed by atoms with E-state index in [1.807, 2.05) is 30.0 Å². The molecule has 0 amide bonds. The van der Waals surface area contributed by atoms with Gasteiger partial charge < -0.3 is 5.32 Å². The Balaban J connectivity index is 2.34. The Hall–Kier alpha value is -0.220. The zero-order valence-corrected chi connectivity index (χ0v) is 11.6. The molecule has 1 aromatic heterocycles. The highest BCUT2D eigenvalue weighted by Crippen LogP contribution is 2.12. The van der Waals surface area contributed by atoms with Gasteiger partial charge in [-0.15, -0.1) is 0 Å². The molecule has 0 saturated heterocycles. The van der Waals surface area contributed by atoms with E-state index in [0.29, 0.717) is 6.04 Å². The maximum Gasteiger partial charge on any atom is 0.127 e. The number of rotatable bonds is 6. The van der Waals surface area contributed by atoms with Gasteiger partial charge in [0.15, 0.2) is 0 Å². The molecule has 1 aromatic rings. The van der Waals surface area contributed by atoms with E-state index in [1.54, 1.807) is 0 Å². The standard InChI is InChI=1S/C11H17BrN2S/c1-3-15-8-7-9(2)13-11-6-4-5-10(12)14-11/h4-6,9H,3,7-8H2,1-2H3,(H,13,14). The second-order valence-electron chi connectivity index (χ2n) is 3.38. The number of anilines is 1. The van der Waals surface area contributed by atoms with E-state index in [2.05, 4.69) is 40.1 Å². The van der Waals surface area contributed by atoms with Crippen molar-refractivity contribution in [3.05, 3.63) is 22.8 Å². The zero-order chi connectivity index (χ0) is 11.1. The van der Waals surface area contributed by atoms with E-state index in [1.165, 1.54) is 17.9 Å². The Morgan fingerprint density at radius 3 is 3.00 bits per heavy atom. The van der Waals surface area contributed by atoms with Gasteiger partial charge in [0, 0.05) is 6.04 Å². The molecule has 1 atom stereocenters. The van der Waals surface area contributed by atoms with Crippen molar-refractivity contribution in [2.75, 3.05) is 16.8 Å². The summed E-state index contributed by atoms with van der Waals surface area (Å²) in [6, 6.07) is 6.40. The molecule has 1 heterocycles. The molecule has 0 fully saturated rings. The van der Waals surface area contributed by atoms with Crippen LogP contribution in [0.2, 0.25) is 0 Å². The highest BCUT2D eigenvalue weighted by molar-refractivity contribution is 9.10. The van der Waals surface area contributed by atoms with Crippen LogP contribution in [0.4, 0.5) is 5.82 Å². The fourth-order valence-electron chi connectivity index (χ4n) is 1.22. The predicted molar refractivity (Wildman–Crippen MR) is 72.6 cm³/mol. The van der Waals surface area contributed by atoms with Gasteiger partial charge in [-0.1, -0.05) is 13.0 Å². The first kappa shape index (κ1) is 12.8. The predicted octanol–water partition coefficient (Wildman–Crippen LogP) is 3.79. The van der Waals surface area contributed by atoms with Crippen molar-refractivity contribution >= 4 is 33.5 Å². The van der Waals surface area contributed by atoms with Gasteiger partial charge in [0.1, 0.15) is 10.4 Å². The summed E-state index contributed by atoms with van der Waals surface area (Å²) in [4.78, 5) is 4.34. The molecule has 0 saturated carbocycles. The lowest BCUT2D eigenvalue weighted by Gasteiger charge is -2.13. The minimum absolute atomic E-state index is 0.478. The first-order valence-corrected chi connectivity index (χ1v) is 7.14. The topological polar surface area (TPSA) is 24.9 Å². The van der Waals surface area contributed by atoms with Crippen LogP contribution >= 0.6 is 27.7 Å². The summed E-state index contributed by atoms with van der Waals surface area (Å²) >= 11 is 5.34. The number of aromatic nitrogens is 1. The Bertz CT molecular complexity index is 294. The van der Waals surface area contributed by atoms with Crippen molar-refractivity contribution in [2.45, 2.75) is 26.3 Å². The Morgan fingerprint density at radius 2 is 2.33 bits per heavy atom. The third-order valence-corrected chi connectivity index (χ3v) is 3.38. The molecule has 0 radical (unpaired) electrons. The van der Waals surface area contributed by atoms with Crippen molar-refractivity contribution in [2.24, 2.45) is 0 Å². The SMILES string of the molecule is CCSCCC(C)Nc1cccc(Br)n1. The molecule has 15 heavy (non-hydrogen) atoms. The number of nitrogens with zero attached hydrogens (tertiary/aromatic N) is 1. The first-order chi connectivity index (χ1) is 7.22. The van der Waals surface area contributed by atoms with E-state index < -0.39 is 0 Å². The van der Waals surface area contributed by atoms with Gasteiger partial charge in [-0.05, 0) is 52.9 Å². The lowest BCUT2D eigenvalue weighted by molar-refractivity contribution is 0.766. The van der Waals surface area contributed by atoms with Crippen LogP contribution in [0.3, 0.4) is 0 Å². The molecule has 2 nitrogen and oxygen atoms in total. The van der Waals surface area contributed by atoms with Gasteiger partial charge in [0.2, 0.25) is 0 Å². The van der Waals surface area contributed by atoms with Crippen LogP contribution in [0.1, 0.15) is 20.3 Å². The van der Waals surface area contributed by atoms with Crippen LogP contribution in [0, 0.1) is 0 Å². The van der Waals surface area contributed by atoms with Crippen LogP contribution in [0.25, 0.3) is 0 Å². The van der Waals surface area contributed by atoms with E-state index in [9.17, 15) is 0 Å². The summed E-state index contributed by atoms with van der Waals surface area (Å²) < 4.78 is 0.877. The molecule has 0 bridgehead atoms. The summed E-state index contributed by atoms with van der Waals surface area (Å²) in [5.41, 5.74) is 0. The highest BCUT2D eigenvalue weighted by atomic mass is 79.9. The third kappa shape index (κ3) is 5.42.